The highest BCUT2D eigenvalue weighted by atomic mass is 16.5. The number of aliphatic hydroxyl groups excluding tert-OH is 1. The molecule has 0 aliphatic carbocycles. The number of rotatable bonds is 9. The number of nitrogens with zero attached hydrogens (tertiary/aromatic N) is 2. The van der Waals surface area contributed by atoms with Gasteiger partial charge in [0.2, 0.25) is 0 Å². The van der Waals surface area contributed by atoms with Gasteiger partial charge in [0.1, 0.15) is 11.5 Å². The minimum atomic E-state index is -0.842. The van der Waals surface area contributed by atoms with E-state index >= 15 is 0 Å². The zero-order valence-electron chi connectivity index (χ0n) is 20.9. The maximum atomic E-state index is 13.3. The van der Waals surface area contributed by atoms with Gasteiger partial charge in [-0.15, -0.1) is 0 Å². The number of ether oxygens (including phenoxy) is 4. The number of hydrogen-bond acceptors (Lipinski definition) is 8. The summed E-state index contributed by atoms with van der Waals surface area (Å²) in [5.41, 5.74) is 0.950. The molecule has 192 valence electrons. The molecule has 2 fully saturated rings. The van der Waals surface area contributed by atoms with E-state index in [-0.39, 0.29) is 11.3 Å². The van der Waals surface area contributed by atoms with Crippen LogP contribution in [0.2, 0.25) is 0 Å². The molecular weight excluding hydrogens is 464 g/mol. The average molecular weight is 497 g/mol. The van der Waals surface area contributed by atoms with Crippen LogP contribution in [0, 0.1) is 0 Å². The summed E-state index contributed by atoms with van der Waals surface area (Å²) in [7, 11) is 4.55. The molecule has 2 aliphatic heterocycles. The number of para-hydroxylation sites is 1. The summed E-state index contributed by atoms with van der Waals surface area (Å²) in [6, 6.07) is 11.2. The van der Waals surface area contributed by atoms with Gasteiger partial charge >= 0.3 is 0 Å². The second kappa shape index (κ2) is 11.5. The van der Waals surface area contributed by atoms with Crippen molar-refractivity contribution in [1.82, 2.24) is 9.80 Å². The zero-order valence-corrected chi connectivity index (χ0v) is 20.9. The lowest BCUT2D eigenvalue weighted by atomic mass is 9.94. The Kier molecular flexibility index (Phi) is 8.12. The Hall–Kier alpha value is -3.56. The molecule has 2 aromatic rings. The number of Topliss-reactive ketones (excluding diaryl/α,β-unsaturated/α-hetero) is 1. The molecule has 0 saturated carbocycles. The molecule has 1 unspecified atom stereocenters. The molecule has 0 bridgehead atoms. The number of likely N-dealkylation sites (tertiary alicyclic amines) is 1. The Bertz CT molecular complexity index is 1140. The first-order chi connectivity index (χ1) is 17.5. The van der Waals surface area contributed by atoms with Crippen LogP contribution in [0.25, 0.3) is 5.76 Å². The zero-order chi connectivity index (χ0) is 25.7. The maximum Gasteiger partial charge on any atom is 0.295 e. The van der Waals surface area contributed by atoms with E-state index in [9.17, 15) is 14.7 Å². The van der Waals surface area contributed by atoms with E-state index in [2.05, 4.69) is 4.90 Å². The SMILES string of the molecule is COc1cccc(/C(O)=C2\C(=O)C(=O)N(CCCN3CCOCC3)C2c2cccc(OC)c2OC)c1. The van der Waals surface area contributed by atoms with Crippen molar-refractivity contribution in [3.8, 4) is 17.2 Å². The summed E-state index contributed by atoms with van der Waals surface area (Å²) in [4.78, 5) is 30.4. The first kappa shape index (κ1) is 25.5. The van der Waals surface area contributed by atoms with Crippen LogP contribution in [-0.4, -0.2) is 87.3 Å². The molecule has 36 heavy (non-hydrogen) atoms. The van der Waals surface area contributed by atoms with Crippen LogP contribution in [-0.2, 0) is 14.3 Å². The lowest BCUT2D eigenvalue weighted by Gasteiger charge is -2.30. The number of hydrogen-bond donors (Lipinski definition) is 1. The second-order valence-electron chi connectivity index (χ2n) is 8.61. The molecule has 9 nitrogen and oxygen atoms in total. The van der Waals surface area contributed by atoms with Crippen molar-refractivity contribution in [2.24, 2.45) is 0 Å². The molecule has 2 aliphatic rings. The van der Waals surface area contributed by atoms with Crippen molar-refractivity contribution in [3.63, 3.8) is 0 Å². The van der Waals surface area contributed by atoms with Crippen molar-refractivity contribution >= 4 is 17.4 Å². The molecule has 2 heterocycles. The van der Waals surface area contributed by atoms with Crippen molar-refractivity contribution in [2.75, 3.05) is 60.7 Å². The quantitative estimate of drug-likeness (QED) is 0.322. The first-order valence-corrected chi connectivity index (χ1v) is 11.9. The number of amides is 1. The highest BCUT2D eigenvalue weighted by Gasteiger charge is 2.47. The van der Waals surface area contributed by atoms with E-state index in [1.807, 2.05) is 0 Å². The summed E-state index contributed by atoms with van der Waals surface area (Å²) in [6.45, 7) is 4.15. The third-order valence-corrected chi connectivity index (χ3v) is 6.59. The van der Waals surface area contributed by atoms with Gasteiger partial charge in [-0.1, -0.05) is 24.3 Å². The molecule has 9 heteroatoms. The van der Waals surface area contributed by atoms with Gasteiger partial charge in [-0.3, -0.25) is 14.5 Å². The number of ketones is 1. The van der Waals surface area contributed by atoms with Crippen molar-refractivity contribution in [2.45, 2.75) is 12.5 Å². The van der Waals surface area contributed by atoms with Crippen LogP contribution in [0.1, 0.15) is 23.6 Å². The minimum absolute atomic E-state index is 0.00572. The van der Waals surface area contributed by atoms with Gasteiger partial charge in [-0.05, 0) is 24.6 Å². The van der Waals surface area contributed by atoms with Crippen LogP contribution in [0.4, 0.5) is 0 Å². The topological polar surface area (TPSA) is 97.8 Å². The van der Waals surface area contributed by atoms with E-state index in [4.69, 9.17) is 18.9 Å². The van der Waals surface area contributed by atoms with Gasteiger partial charge in [0.15, 0.2) is 11.5 Å². The van der Waals surface area contributed by atoms with Gasteiger partial charge < -0.3 is 29.0 Å². The summed E-state index contributed by atoms with van der Waals surface area (Å²) >= 11 is 0. The Balaban J connectivity index is 1.77. The summed E-state index contributed by atoms with van der Waals surface area (Å²) in [5, 5.41) is 11.3. The lowest BCUT2D eigenvalue weighted by molar-refractivity contribution is -0.140. The van der Waals surface area contributed by atoms with Gasteiger partial charge in [0, 0.05) is 37.3 Å². The van der Waals surface area contributed by atoms with Gasteiger partial charge in [-0.2, -0.15) is 0 Å². The first-order valence-electron chi connectivity index (χ1n) is 11.9. The fourth-order valence-electron chi connectivity index (χ4n) is 4.78. The highest BCUT2D eigenvalue weighted by molar-refractivity contribution is 6.46. The Labute approximate surface area is 210 Å². The molecule has 2 aromatic carbocycles. The molecule has 0 spiro atoms. The number of aliphatic hydroxyl groups is 1. The molecule has 4 rings (SSSR count). The molecule has 1 atom stereocenters. The second-order valence-corrected chi connectivity index (χ2v) is 8.61. The summed E-state index contributed by atoms with van der Waals surface area (Å²) in [5.74, 6) is -0.267. The summed E-state index contributed by atoms with van der Waals surface area (Å²) < 4.78 is 21.8. The molecule has 1 N–H and O–H groups in total. The largest absolute Gasteiger partial charge is 0.507 e. The molecule has 1 amide bonds. The number of carbonyl (C=O) groups excluding carboxylic acids is 2. The van der Waals surface area contributed by atoms with Gasteiger partial charge in [-0.25, -0.2) is 0 Å². The van der Waals surface area contributed by atoms with Crippen molar-refractivity contribution < 1.29 is 33.6 Å². The monoisotopic (exact) mass is 496 g/mol. The standard InChI is InChI=1S/C27H32N2O7/c1-33-19-8-4-7-18(17-19)24(30)22-23(20-9-5-10-21(34-2)26(20)35-3)29(27(32)25(22)31)12-6-11-28-13-15-36-16-14-28/h4-5,7-10,17,23,30H,6,11-16H2,1-3H3/b24-22+. The minimum Gasteiger partial charge on any atom is -0.507 e. The average Bonchev–Trinajstić information content (AvgIpc) is 3.17. The Morgan fingerprint density at radius 1 is 1.00 bits per heavy atom. The van der Waals surface area contributed by atoms with E-state index in [1.165, 1.54) is 26.2 Å². The number of carbonyl (C=O) groups is 2. The van der Waals surface area contributed by atoms with Crippen LogP contribution in [0.3, 0.4) is 0 Å². The number of benzene rings is 2. The van der Waals surface area contributed by atoms with Gasteiger partial charge in [0.05, 0.1) is 46.2 Å². The number of methoxy groups -OCH3 is 3. The van der Waals surface area contributed by atoms with E-state index in [0.29, 0.717) is 54.6 Å². The van der Waals surface area contributed by atoms with Crippen molar-refractivity contribution in [3.05, 3.63) is 59.2 Å². The third kappa shape index (κ3) is 5.03. The van der Waals surface area contributed by atoms with Crippen LogP contribution >= 0.6 is 0 Å². The molecule has 0 aromatic heterocycles. The van der Waals surface area contributed by atoms with Crippen LogP contribution in [0.5, 0.6) is 17.2 Å². The lowest BCUT2D eigenvalue weighted by Crippen LogP contribution is -2.39. The highest BCUT2D eigenvalue weighted by Crippen LogP contribution is 2.45. The maximum absolute atomic E-state index is 13.3. The molecule has 2 saturated heterocycles. The predicted molar refractivity (Wildman–Crippen MR) is 133 cm³/mol. The summed E-state index contributed by atoms with van der Waals surface area (Å²) in [6.07, 6.45) is 0.662. The Morgan fingerprint density at radius 2 is 1.75 bits per heavy atom. The van der Waals surface area contributed by atoms with Gasteiger partial charge in [0.25, 0.3) is 11.7 Å². The van der Waals surface area contributed by atoms with Crippen LogP contribution in [0.15, 0.2) is 48.0 Å². The van der Waals surface area contributed by atoms with E-state index in [0.717, 1.165) is 19.6 Å². The number of morpholine rings is 1. The molecule has 0 radical (unpaired) electrons. The van der Waals surface area contributed by atoms with E-state index in [1.54, 1.807) is 42.5 Å². The van der Waals surface area contributed by atoms with Crippen molar-refractivity contribution in [1.29, 1.82) is 0 Å². The fourth-order valence-corrected chi connectivity index (χ4v) is 4.78. The normalized spacial score (nSPS) is 20.0. The van der Waals surface area contributed by atoms with E-state index < -0.39 is 17.7 Å². The smallest absolute Gasteiger partial charge is 0.295 e. The van der Waals surface area contributed by atoms with Crippen LogP contribution < -0.4 is 14.2 Å². The molecular formula is C27H32N2O7. The Morgan fingerprint density at radius 3 is 2.44 bits per heavy atom. The third-order valence-electron chi connectivity index (χ3n) is 6.59. The predicted octanol–water partition coefficient (Wildman–Crippen LogP) is 2.86. The fraction of sp³-hybridized carbons (Fsp3) is 0.407.